The topological polar surface area (TPSA) is 120 Å². The average molecular weight is 635 g/mol. The second-order valence-corrected chi connectivity index (χ2v) is 12.2. The molecule has 46 heavy (non-hydrogen) atoms. The zero-order valence-electron chi connectivity index (χ0n) is 28.6. The first kappa shape index (κ1) is 37.7. The van der Waals surface area contributed by atoms with Gasteiger partial charge < -0.3 is 19.7 Å². The van der Waals surface area contributed by atoms with Crippen LogP contribution in [-0.2, 0) is 20.8 Å². The van der Waals surface area contributed by atoms with Crippen LogP contribution >= 0.6 is 0 Å². The summed E-state index contributed by atoms with van der Waals surface area (Å²) >= 11 is 0. The van der Waals surface area contributed by atoms with Gasteiger partial charge in [-0.25, -0.2) is 14.6 Å². The molecule has 2 rings (SSSR count). The lowest BCUT2D eigenvalue weighted by atomic mass is 9.98. The number of esters is 1. The van der Waals surface area contributed by atoms with Gasteiger partial charge in [0.2, 0.25) is 0 Å². The third kappa shape index (κ3) is 10.9. The van der Waals surface area contributed by atoms with E-state index in [9.17, 15) is 19.2 Å². The molecule has 1 heterocycles. The molecule has 2 aromatic rings. The first-order valence-electron chi connectivity index (χ1n) is 15.8. The van der Waals surface area contributed by atoms with Crippen LogP contribution in [-0.4, -0.2) is 57.7 Å². The summed E-state index contributed by atoms with van der Waals surface area (Å²) in [7, 11) is 0. The van der Waals surface area contributed by atoms with Crippen molar-refractivity contribution in [2.45, 2.75) is 86.4 Å². The van der Waals surface area contributed by atoms with Gasteiger partial charge in [0.15, 0.2) is 0 Å². The third-order valence-electron chi connectivity index (χ3n) is 6.86. The minimum absolute atomic E-state index is 0.107. The molecule has 1 N–H and O–H groups in total. The van der Waals surface area contributed by atoms with Crippen LogP contribution in [0.25, 0.3) is 0 Å². The van der Waals surface area contributed by atoms with Crippen molar-refractivity contribution in [3.63, 3.8) is 0 Å². The lowest BCUT2D eigenvalue weighted by Crippen LogP contribution is -2.44. The largest absolute Gasteiger partial charge is 0.462 e. The standard InChI is InChI=1S/C36H50N4O6/c1-10-13-21-28(18-11-2)32(41)39(23-17-22-37-35(44)46-36(7,8)9)30(25(4)5)31-38-26(6)29(34(43)45-12-3)33(42)40(31)24-27-19-15-14-16-20-27/h11,13-16,18-21,25,30H,2,10,12,17,22-24H2,1,3-9H3,(H,37,44)/b21-13-,28-18+. The van der Waals surface area contributed by atoms with E-state index in [0.717, 1.165) is 12.0 Å². The highest BCUT2D eigenvalue weighted by Gasteiger charge is 2.34. The number of carbonyl (C=O) groups excluding carboxylic acids is 3. The number of nitrogens with one attached hydrogen (secondary N) is 1. The van der Waals surface area contributed by atoms with Gasteiger partial charge in [0.25, 0.3) is 11.5 Å². The van der Waals surface area contributed by atoms with Crippen LogP contribution in [0.5, 0.6) is 0 Å². The fourth-order valence-corrected chi connectivity index (χ4v) is 4.92. The van der Waals surface area contributed by atoms with Crippen LogP contribution in [0.3, 0.4) is 0 Å². The molecule has 0 radical (unpaired) electrons. The zero-order chi connectivity index (χ0) is 34.4. The number of hydrogen-bond donors (Lipinski definition) is 1. The maximum Gasteiger partial charge on any atom is 0.407 e. The molecule has 250 valence electrons. The van der Waals surface area contributed by atoms with E-state index in [-0.39, 0.29) is 49.3 Å². The van der Waals surface area contributed by atoms with E-state index < -0.39 is 29.3 Å². The summed E-state index contributed by atoms with van der Waals surface area (Å²) in [4.78, 5) is 60.2. The van der Waals surface area contributed by atoms with Gasteiger partial charge >= 0.3 is 12.1 Å². The van der Waals surface area contributed by atoms with Crippen LogP contribution in [0.1, 0.15) is 94.8 Å². The van der Waals surface area contributed by atoms with Gasteiger partial charge in [0, 0.05) is 18.7 Å². The zero-order valence-corrected chi connectivity index (χ0v) is 28.6. The van der Waals surface area contributed by atoms with Crippen molar-refractivity contribution in [2.75, 3.05) is 19.7 Å². The van der Waals surface area contributed by atoms with Crippen molar-refractivity contribution < 1.29 is 23.9 Å². The maximum atomic E-state index is 14.3. The lowest BCUT2D eigenvalue weighted by Gasteiger charge is -2.36. The molecular formula is C36H50N4O6. The Hall–Kier alpha value is -4.47. The summed E-state index contributed by atoms with van der Waals surface area (Å²) < 4.78 is 12.0. The van der Waals surface area contributed by atoms with Crippen LogP contribution in [0, 0.1) is 12.8 Å². The number of nitrogens with zero attached hydrogens (tertiary/aromatic N) is 3. The van der Waals surface area contributed by atoms with E-state index in [1.807, 2.05) is 57.2 Å². The number of benzene rings is 1. The smallest absolute Gasteiger partial charge is 0.407 e. The summed E-state index contributed by atoms with van der Waals surface area (Å²) in [6.07, 6.45) is 7.43. The molecule has 1 aromatic heterocycles. The fraction of sp³-hybridized carbons (Fsp3) is 0.472. The van der Waals surface area contributed by atoms with E-state index in [1.165, 1.54) is 4.57 Å². The molecule has 2 amide bonds. The van der Waals surface area contributed by atoms with Crippen LogP contribution in [0.15, 0.2) is 71.6 Å². The highest BCUT2D eigenvalue weighted by molar-refractivity contribution is 5.96. The van der Waals surface area contributed by atoms with Gasteiger partial charge in [-0.15, -0.1) is 0 Å². The predicted octanol–water partition coefficient (Wildman–Crippen LogP) is 6.30. The summed E-state index contributed by atoms with van der Waals surface area (Å²) in [5.41, 5.74) is 0.140. The Labute approximate surface area is 273 Å². The van der Waals surface area contributed by atoms with E-state index in [1.54, 1.807) is 57.7 Å². The molecule has 0 spiro atoms. The van der Waals surface area contributed by atoms with E-state index in [4.69, 9.17) is 14.5 Å². The van der Waals surface area contributed by atoms with E-state index in [0.29, 0.717) is 17.8 Å². The van der Waals surface area contributed by atoms with Gasteiger partial charge in [0.05, 0.1) is 24.9 Å². The number of aryl methyl sites for hydroxylation is 1. The molecule has 10 heteroatoms. The van der Waals surface area contributed by atoms with Crippen molar-refractivity contribution in [2.24, 2.45) is 5.92 Å². The minimum atomic E-state index is -0.742. The first-order valence-corrected chi connectivity index (χ1v) is 15.8. The maximum absolute atomic E-state index is 14.3. The van der Waals surface area contributed by atoms with Gasteiger partial charge in [-0.05, 0) is 58.9 Å². The number of hydrogen-bond acceptors (Lipinski definition) is 7. The molecule has 0 bridgehead atoms. The molecule has 1 unspecified atom stereocenters. The Kier molecular flexibility index (Phi) is 14.7. The first-order chi connectivity index (χ1) is 21.7. The van der Waals surface area contributed by atoms with Gasteiger partial charge in [0.1, 0.15) is 17.0 Å². The van der Waals surface area contributed by atoms with Crippen molar-refractivity contribution in [3.8, 4) is 0 Å². The Morgan fingerprint density at radius 1 is 1.13 bits per heavy atom. The molecule has 10 nitrogen and oxygen atoms in total. The quantitative estimate of drug-likeness (QED) is 0.106. The molecule has 0 saturated heterocycles. The summed E-state index contributed by atoms with van der Waals surface area (Å²) in [6, 6.07) is 8.71. The Bertz CT molecular complexity index is 1470. The SMILES string of the molecule is C=C/C=C(\C=C/CC)C(=O)N(CCCNC(=O)OC(C)(C)C)C(c1nc(C)c(C(=O)OCC)c(=O)n1Cc1ccccc1)C(C)C. The van der Waals surface area contributed by atoms with Crippen molar-refractivity contribution >= 4 is 18.0 Å². The molecule has 0 saturated carbocycles. The Morgan fingerprint density at radius 3 is 2.37 bits per heavy atom. The van der Waals surface area contributed by atoms with Gasteiger partial charge in [-0.3, -0.25) is 14.2 Å². The van der Waals surface area contributed by atoms with Gasteiger partial charge in [-0.1, -0.05) is 82.0 Å². The monoisotopic (exact) mass is 634 g/mol. The highest BCUT2D eigenvalue weighted by Crippen LogP contribution is 2.30. The molecule has 0 aliphatic heterocycles. The number of rotatable bonds is 15. The lowest BCUT2D eigenvalue weighted by molar-refractivity contribution is -0.130. The van der Waals surface area contributed by atoms with E-state index in [2.05, 4.69) is 11.9 Å². The van der Waals surface area contributed by atoms with Crippen LogP contribution in [0.4, 0.5) is 4.79 Å². The molecule has 1 atom stereocenters. The normalized spacial score (nSPS) is 12.6. The molecule has 0 aliphatic rings. The second-order valence-electron chi connectivity index (χ2n) is 12.2. The Balaban J connectivity index is 2.74. The minimum Gasteiger partial charge on any atom is -0.462 e. The number of alkyl carbamates (subject to hydrolysis) is 1. The summed E-state index contributed by atoms with van der Waals surface area (Å²) in [5, 5.41) is 2.76. The highest BCUT2D eigenvalue weighted by atomic mass is 16.6. The van der Waals surface area contributed by atoms with Crippen LogP contribution in [0.2, 0.25) is 0 Å². The molecule has 1 aromatic carbocycles. The van der Waals surface area contributed by atoms with Crippen molar-refractivity contribution in [3.05, 3.63) is 99.8 Å². The fourth-order valence-electron chi connectivity index (χ4n) is 4.92. The average Bonchev–Trinajstić information content (AvgIpc) is 2.97. The second kappa shape index (κ2) is 17.9. The number of carbonyl (C=O) groups is 3. The Morgan fingerprint density at radius 2 is 1.80 bits per heavy atom. The number of aromatic nitrogens is 2. The van der Waals surface area contributed by atoms with Gasteiger partial charge in [-0.2, -0.15) is 0 Å². The number of ether oxygens (including phenoxy) is 2. The van der Waals surface area contributed by atoms with Crippen LogP contribution < -0.4 is 10.9 Å². The van der Waals surface area contributed by atoms with Crippen molar-refractivity contribution in [1.29, 1.82) is 0 Å². The number of amides is 2. The number of allylic oxidation sites excluding steroid dienone is 3. The molecule has 0 fully saturated rings. The van der Waals surface area contributed by atoms with Crippen molar-refractivity contribution in [1.82, 2.24) is 19.8 Å². The summed E-state index contributed by atoms with van der Waals surface area (Å²) in [6.45, 7) is 19.0. The molecular weight excluding hydrogens is 584 g/mol. The van der Waals surface area contributed by atoms with E-state index >= 15 is 0 Å². The summed E-state index contributed by atoms with van der Waals surface area (Å²) in [5.74, 6) is -0.882. The predicted molar refractivity (Wildman–Crippen MR) is 181 cm³/mol. The third-order valence-corrected chi connectivity index (χ3v) is 6.86. The molecule has 0 aliphatic carbocycles.